The molecule has 2 heteroatoms. The fourth-order valence-corrected chi connectivity index (χ4v) is 11.2. The molecular formula is C30H42OSi. The number of hydrogen-bond acceptors (Lipinski definition) is 1. The maximum atomic E-state index is 6.77. The van der Waals surface area contributed by atoms with E-state index in [1.165, 1.54) is 34.0 Å². The van der Waals surface area contributed by atoms with Crippen LogP contribution in [0.15, 0.2) is 42.5 Å². The minimum atomic E-state index is -1.87. The van der Waals surface area contributed by atoms with Gasteiger partial charge in [0.1, 0.15) is 11.4 Å². The number of ether oxygens (including phenoxy) is 1. The smallest absolute Gasteiger partial charge is 0.122 e. The summed E-state index contributed by atoms with van der Waals surface area (Å²) in [5.74, 6) is 3.64. The Labute approximate surface area is 197 Å². The molecule has 2 aromatic rings. The lowest BCUT2D eigenvalue weighted by atomic mass is 9.81. The van der Waals surface area contributed by atoms with Crippen LogP contribution in [0.25, 0.3) is 6.08 Å². The topological polar surface area (TPSA) is 9.23 Å². The predicted octanol–water partition coefficient (Wildman–Crippen LogP) is 8.05. The molecule has 0 spiro atoms. The lowest BCUT2D eigenvalue weighted by Gasteiger charge is -2.40. The summed E-state index contributed by atoms with van der Waals surface area (Å²) in [6.45, 7) is 21.2. The Bertz CT molecular complexity index is 1020. The van der Waals surface area contributed by atoms with Crippen LogP contribution in [0, 0.1) is 18.8 Å². The molecule has 32 heavy (non-hydrogen) atoms. The second kappa shape index (κ2) is 8.20. The fourth-order valence-electron chi connectivity index (χ4n) is 6.64. The zero-order valence-corrected chi connectivity index (χ0v) is 22.6. The first kappa shape index (κ1) is 23.4. The Balaban J connectivity index is 1.83. The van der Waals surface area contributed by atoms with Crippen molar-refractivity contribution < 1.29 is 4.74 Å². The molecule has 1 saturated carbocycles. The van der Waals surface area contributed by atoms with Crippen LogP contribution in [0.5, 0.6) is 5.75 Å². The molecule has 0 N–H and O–H groups in total. The molecule has 4 atom stereocenters. The minimum Gasteiger partial charge on any atom is -0.488 e. The largest absolute Gasteiger partial charge is 0.488 e. The number of hydrogen-bond donors (Lipinski definition) is 0. The van der Waals surface area contributed by atoms with Crippen molar-refractivity contribution in [3.63, 3.8) is 0 Å². The molecular weight excluding hydrogens is 404 g/mol. The maximum absolute atomic E-state index is 6.77. The van der Waals surface area contributed by atoms with Crippen LogP contribution < -0.4 is 9.92 Å². The van der Waals surface area contributed by atoms with Crippen molar-refractivity contribution in [2.45, 2.75) is 91.0 Å². The van der Waals surface area contributed by atoms with Gasteiger partial charge in [-0.05, 0) is 85.2 Å². The highest BCUT2D eigenvalue weighted by atomic mass is 28.3. The molecule has 0 heterocycles. The van der Waals surface area contributed by atoms with Gasteiger partial charge in [0.2, 0.25) is 0 Å². The Kier molecular flexibility index (Phi) is 5.99. The monoisotopic (exact) mass is 446 g/mol. The molecule has 0 aliphatic heterocycles. The van der Waals surface area contributed by atoms with Gasteiger partial charge >= 0.3 is 0 Å². The molecule has 2 aromatic carbocycles. The number of rotatable bonds is 4. The molecule has 1 fully saturated rings. The van der Waals surface area contributed by atoms with Crippen LogP contribution in [0.3, 0.4) is 0 Å². The van der Waals surface area contributed by atoms with Crippen molar-refractivity contribution in [3.8, 4) is 5.75 Å². The van der Waals surface area contributed by atoms with Gasteiger partial charge in [-0.25, -0.2) is 0 Å². The molecule has 0 radical (unpaired) electrons. The molecule has 0 amide bonds. The molecule has 172 valence electrons. The highest BCUT2D eigenvalue weighted by molar-refractivity contribution is 6.91. The van der Waals surface area contributed by atoms with Crippen LogP contribution in [0.1, 0.15) is 82.1 Å². The predicted molar refractivity (Wildman–Crippen MR) is 142 cm³/mol. The van der Waals surface area contributed by atoms with Gasteiger partial charge in [0.05, 0.1) is 8.07 Å². The number of benzene rings is 2. The van der Waals surface area contributed by atoms with E-state index in [-0.39, 0.29) is 5.60 Å². The van der Waals surface area contributed by atoms with Gasteiger partial charge in [-0.3, -0.25) is 0 Å². The van der Waals surface area contributed by atoms with Crippen molar-refractivity contribution in [2.24, 2.45) is 11.8 Å². The number of fused-ring (bicyclic) bond motifs is 3. The van der Waals surface area contributed by atoms with Crippen LogP contribution in [-0.4, -0.2) is 13.7 Å². The summed E-state index contributed by atoms with van der Waals surface area (Å²) in [6.07, 6.45) is 6.25. The first-order chi connectivity index (χ1) is 14.9. The van der Waals surface area contributed by atoms with Crippen molar-refractivity contribution in [1.29, 1.82) is 0 Å². The molecule has 2 aliphatic rings. The molecule has 1 nitrogen and oxygen atoms in total. The molecule has 4 unspecified atom stereocenters. The lowest BCUT2D eigenvalue weighted by Crippen LogP contribution is -2.50. The summed E-state index contributed by atoms with van der Waals surface area (Å²) in [4.78, 5) is 0. The van der Waals surface area contributed by atoms with Crippen molar-refractivity contribution in [1.82, 2.24) is 0 Å². The van der Waals surface area contributed by atoms with Gasteiger partial charge in [-0.2, -0.15) is 0 Å². The quantitative estimate of drug-likeness (QED) is 0.432. The van der Waals surface area contributed by atoms with Crippen molar-refractivity contribution in [3.05, 3.63) is 64.7 Å². The molecule has 0 bridgehead atoms. The third-order valence-electron chi connectivity index (χ3n) is 7.83. The summed E-state index contributed by atoms with van der Waals surface area (Å²) in [5.41, 5.74) is 6.25. The standard InChI is InChI=1S/C30H42OSi/c1-19(2)25-16-20(3)17-27(28(25)31-30(5,6)7)32(8,9)29-21(4)18-26-23-13-11-10-12-22(23)14-15-24(26)29/h10-17,19,21,24,26,29H,18H2,1-9H3. The van der Waals surface area contributed by atoms with E-state index in [2.05, 4.69) is 110 Å². The van der Waals surface area contributed by atoms with Gasteiger partial charge in [-0.1, -0.05) is 88.0 Å². The maximum Gasteiger partial charge on any atom is 0.122 e. The van der Waals surface area contributed by atoms with E-state index >= 15 is 0 Å². The lowest BCUT2D eigenvalue weighted by molar-refractivity contribution is 0.130. The minimum absolute atomic E-state index is 0.203. The fraction of sp³-hybridized carbons (Fsp3) is 0.533. The summed E-state index contributed by atoms with van der Waals surface area (Å²) in [5, 5.41) is 1.53. The normalized spacial score (nSPS) is 25.1. The average molecular weight is 447 g/mol. The Morgan fingerprint density at radius 1 is 1.06 bits per heavy atom. The Hall–Kier alpha value is -1.80. The second-order valence-electron chi connectivity index (χ2n) is 12.2. The summed E-state index contributed by atoms with van der Waals surface area (Å²) in [7, 11) is -1.87. The van der Waals surface area contributed by atoms with Crippen LogP contribution in [0.4, 0.5) is 0 Å². The van der Waals surface area contributed by atoms with E-state index in [4.69, 9.17) is 4.74 Å². The third-order valence-corrected chi connectivity index (χ3v) is 12.2. The summed E-state index contributed by atoms with van der Waals surface area (Å²) >= 11 is 0. The van der Waals surface area contributed by atoms with Crippen LogP contribution in [-0.2, 0) is 0 Å². The zero-order valence-electron chi connectivity index (χ0n) is 21.6. The SMILES string of the molecule is Cc1cc(C(C)C)c(OC(C)(C)C)c([Si](C)(C)C2C(C)CC3c4ccccc4C=CC32)c1. The van der Waals surface area contributed by atoms with Gasteiger partial charge in [0.25, 0.3) is 0 Å². The van der Waals surface area contributed by atoms with Gasteiger partial charge in [0, 0.05) is 0 Å². The van der Waals surface area contributed by atoms with Gasteiger partial charge in [-0.15, -0.1) is 0 Å². The molecule has 0 saturated heterocycles. The number of allylic oxidation sites excluding steroid dienone is 1. The van der Waals surface area contributed by atoms with Crippen LogP contribution in [0.2, 0.25) is 18.6 Å². The molecule has 4 rings (SSSR count). The summed E-state index contributed by atoms with van der Waals surface area (Å²) in [6, 6.07) is 13.9. The second-order valence-corrected chi connectivity index (χ2v) is 16.9. The van der Waals surface area contributed by atoms with E-state index < -0.39 is 8.07 Å². The average Bonchev–Trinajstić information content (AvgIpc) is 3.04. The highest BCUT2D eigenvalue weighted by Gasteiger charge is 2.51. The first-order valence-corrected chi connectivity index (χ1v) is 15.6. The van der Waals surface area contributed by atoms with E-state index in [1.54, 1.807) is 5.56 Å². The van der Waals surface area contributed by atoms with Crippen molar-refractivity contribution >= 4 is 19.3 Å². The molecule has 0 aromatic heterocycles. The Morgan fingerprint density at radius 2 is 1.75 bits per heavy atom. The summed E-state index contributed by atoms with van der Waals surface area (Å²) < 4.78 is 6.77. The highest BCUT2D eigenvalue weighted by Crippen LogP contribution is 2.57. The molecule has 2 aliphatic carbocycles. The van der Waals surface area contributed by atoms with Gasteiger partial charge in [0.15, 0.2) is 0 Å². The van der Waals surface area contributed by atoms with E-state index in [9.17, 15) is 0 Å². The Morgan fingerprint density at radius 3 is 2.41 bits per heavy atom. The third kappa shape index (κ3) is 4.11. The zero-order chi connectivity index (χ0) is 23.4. The van der Waals surface area contributed by atoms with E-state index in [1.807, 2.05) is 0 Å². The van der Waals surface area contributed by atoms with E-state index in [0.29, 0.717) is 29.2 Å². The van der Waals surface area contributed by atoms with Gasteiger partial charge < -0.3 is 4.74 Å². The van der Waals surface area contributed by atoms with E-state index in [0.717, 1.165) is 0 Å². The number of aryl methyl sites for hydroxylation is 1. The van der Waals surface area contributed by atoms with Crippen molar-refractivity contribution in [2.75, 3.05) is 0 Å². The van der Waals surface area contributed by atoms with Crippen LogP contribution >= 0.6 is 0 Å². The first-order valence-electron chi connectivity index (χ1n) is 12.5.